The summed E-state index contributed by atoms with van der Waals surface area (Å²) in [5.41, 5.74) is -0.190. The average Bonchev–Trinajstić information content (AvgIpc) is 2.76. The number of likely N-dealkylation sites (tertiary alicyclic amines) is 1. The van der Waals surface area contributed by atoms with E-state index >= 15 is 0 Å². The van der Waals surface area contributed by atoms with E-state index in [4.69, 9.17) is 0 Å². The van der Waals surface area contributed by atoms with Crippen LogP contribution >= 0.6 is 0 Å². The smallest absolute Gasteiger partial charge is 0.354 e. The van der Waals surface area contributed by atoms with Crippen LogP contribution < -0.4 is 5.32 Å². The van der Waals surface area contributed by atoms with Crippen LogP contribution in [0.4, 0.5) is 13.2 Å². The lowest BCUT2D eigenvalue weighted by Gasteiger charge is -2.35. The van der Waals surface area contributed by atoms with Gasteiger partial charge in [-0.2, -0.15) is 13.2 Å². The summed E-state index contributed by atoms with van der Waals surface area (Å²) in [4.78, 5) is 13.6. The Morgan fingerprint density at radius 1 is 1.22 bits per heavy atom. The second-order valence-corrected chi connectivity index (χ2v) is 5.40. The highest BCUT2D eigenvalue weighted by atomic mass is 19.4. The standard InChI is InChI=1S/C12H21F3N2O/c1-11(2,17-7-3-4-8-17)9-16-10(18)5-6-12(13,14)15/h3-9H2,1-2H3,(H,16,18). The van der Waals surface area contributed by atoms with Crippen LogP contribution in [0.15, 0.2) is 0 Å². The fraction of sp³-hybridized carbons (Fsp3) is 0.917. The van der Waals surface area contributed by atoms with E-state index in [1.54, 1.807) is 0 Å². The third kappa shape index (κ3) is 5.25. The maximum absolute atomic E-state index is 11.9. The Labute approximate surface area is 106 Å². The van der Waals surface area contributed by atoms with E-state index in [-0.39, 0.29) is 5.54 Å². The van der Waals surface area contributed by atoms with Crippen LogP contribution in [0.3, 0.4) is 0 Å². The van der Waals surface area contributed by atoms with E-state index in [9.17, 15) is 18.0 Å². The summed E-state index contributed by atoms with van der Waals surface area (Å²) in [6, 6.07) is 0. The minimum Gasteiger partial charge on any atom is -0.354 e. The zero-order valence-electron chi connectivity index (χ0n) is 10.9. The molecule has 1 amide bonds. The van der Waals surface area contributed by atoms with Gasteiger partial charge >= 0.3 is 6.18 Å². The van der Waals surface area contributed by atoms with Gasteiger partial charge in [0.25, 0.3) is 0 Å². The van der Waals surface area contributed by atoms with Crippen molar-refractivity contribution in [2.75, 3.05) is 19.6 Å². The average molecular weight is 266 g/mol. The second kappa shape index (κ2) is 5.91. The first-order valence-electron chi connectivity index (χ1n) is 6.29. The molecule has 0 aromatic heterocycles. The van der Waals surface area contributed by atoms with Gasteiger partial charge in [0, 0.05) is 18.5 Å². The van der Waals surface area contributed by atoms with Gasteiger partial charge in [0.2, 0.25) is 5.91 Å². The minimum atomic E-state index is -4.26. The van der Waals surface area contributed by atoms with Crippen molar-refractivity contribution in [2.45, 2.75) is 51.2 Å². The van der Waals surface area contributed by atoms with Crippen LogP contribution in [0.25, 0.3) is 0 Å². The molecule has 0 aliphatic carbocycles. The first kappa shape index (κ1) is 15.3. The second-order valence-electron chi connectivity index (χ2n) is 5.40. The molecule has 0 bridgehead atoms. The highest BCUT2D eigenvalue weighted by Gasteiger charge is 2.31. The number of nitrogens with zero attached hydrogens (tertiary/aromatic N) is 1. The van der Waals surface area contributed by atoms with E-state index in [2.05, 4.69) is 10.2 Å². The van der Waals surface area contributed by atoms with Crippen LogP contribution in [0.5, 0.6) is 0 Å². The van der Waals surface area contributed by atoms with Gasteiger partial charge in [-0.25, -0.2) is 0 Å². The zero-order valence-corrected chi connectivity index (χ0v) is 10.9. The Bertz CT molecular complexity index is 284. The number of alkyl halides is 3. The summed E-state index contributed by atoms with van der Waals surface area (Å²) in [5, 5.41) is 2.59. The highest BCUT2D eigenvalue weighted by Crippen LogP contribution is 2.22. The Balaban J connectivity index is 2.28. The molecule has 1 aliphatic rings. The predicted octanol–water partition coefficient (Wildman–Crippen LogP) is 2.32. The van der Waals surface area contributed by atoms with E-state index in [0.717, 1.165) is 25.9 Å². The molecule has 0 atom stereocenters. The van der Waals surface area contributed by atoms with Crippen molar-refractivity contribution >= 4 is 5.91 Å². The molecule has 0 saturated carbocycles. The number of carbonyl (C=O) groups is 1. The largest absolute Gasteiger partial charge is 0.389 e. The van der Waals surface area contributed by atoms with Crippen molar-refractivity contribution in [2.24, 2.45) is 0 Å². The SMILES string of the molecule is CC(C)(CNC(=O)CCC(F)(F)F)N1CCCC1. The van der Waals surface area contributed by atoms with Gasteiger partial charge in [-0.1, -0.05) is 0 Å². The Morgan fingerprint density at radius 2 is 1.78 bits per heavy atom. The number of amides is 1. The predicted molar refractivity (Wildman–Crippen MR) is 63.2 cm³/mol. The van der Waals surface area contributed by atoms with Crippen molar-refractivity contribution in [3.05, 3.63) is 0 Å². The Kier molecular flexibility index (Phi) is 5.01. The summed E-state index contributed by atoms with van der Waals surface area (Å²) in [7, 11) is 0. The minimum absolute atomic E-state index is 0.190. The molecule has 1 aliphatic heterocycles. The summed E-state index contributed by atoms with van der Waals surface area (Å²) in [6.45, 7) is 6.38. The Morgan fingerprint density at radius 3 is 2.28 bits per heavy atom. The maximum atomic E-state index is 11.9. The summed E-state index contributed by atoms with van der Waals surface area (Å²) in [6.07, 6.45) is -3.51. The van der Waals surface area contributed by atoms with Gasteiger partial charge in [0.15, 0.2) is 0 Å². The molecule has 1 saturated heterocycles. The van der Waals surface area contributed by atoms with Crippen molar-refractivity contribution in [1.82, 2.24) is 10.2 Å². The van der Waals surface area contributed by atoms with Gasteiger partial charge in [0.05, 0.1) is 6.42 Å². The van der Waals surface area contributed by atoms with Gasteiger partial charge in [-0.05, 0) is 39.8 Å². The fourth-order valence-corrected chi connectivity index (χ4v) is 2.09. The molecule has 0 aromatic rings. The molecule has 0 unspecified atom stereocenters. The summed E-state index contributed by atoms with van der Waals surface area (Å²) >= 11 is 0. The third-order valence-corrected chi connectivity index (χ3v) is 3.32. The number of carbonyl (C=O) groups excluding carboxylic acids is 1. The third-order valence-electron chi connectivity index (χ3n) is 3.32. The van der Waals surface area contributed by atoms with Gasteiger partial charge < -0.3 is 5.32 Å². The number of hydrogen-bond acceptors (Lipinski definition) is 2. The molecule has 1 rings (SSSR count). The molecule has 0 spiro atoms. The van der Waals surface area contributed by atoms with E-state index in [0.29, 0.717) is 6.54 Å². The number of rotatable bonds is 5. The normalized spacial score (nSPS) is 18.1. The Hall–Kier alpha value is -0.780. The van der Waals surface area contributed by atoms with Crippen molar-refractivity contribution in [3.8, 4) is 0 Å². The highest BCUT2D eigenvalue weighted by molar-refractivity contribution is 5.75. The molecular formula is C12H21F3N2O. The monoisotopic (exact) mass is 266 g/mol. The van der Waals surface area contributed by atoms with E-state index in [1.807, 2.05) is 13.8 Å². The van der Waals surface area contributed by atoms with Crippen LogP contribution in [-0.4, -0.2) is 42.2 Å². The molecule has 1 fully saturated rings. The first-order chi connectivity index (χ1) is 8.21. The molecule has 106 valence electrons. The van der Waals surface area contributed by atoms with Crippen molar-refractivity contribution < 1.29 is 18.0 Å². The zero-order chi connectivity index (χ0) is 13.8. The lowest BCUT2D eigenvalue weighted by Crippen LogP contribution is -2.50. The van der Waals surface area contributed by atoms with Gasteiger partial charge in [-0.15, -0.1) is 0 Å². The number of hydrogen-bond donors (Lipinski definition) is 1. The molecule has 1 N–H and O–H groups in total. The fourth-order valence-electron chi connectivity index (χ4n) is 2.09. The van der Waals surface area contributed by atoms with Crippen LogP contribution in [0.1, 0.15) is 39.5 Å². The first-order valence-corrected chi connectivity index (χ1v) is 6.29. The van der Waals surface area contributed by atoms with E-state index < -0.39 is 24.9 Å². The van der Waals surface area contributed by atoms with Crippen molar-refractivity contribution in [3.63, 3.8) is 0 Å². The molecule has 18 heavy (non-hydrogen) atoms. The molecule has 0 radical (unpaired) electrons. The van der Waals surface area contributed by atoms with Gasteiger partial charge in [-0.3, -0.25) is 9.69 Å². The number of nitrogens with one attached hydrogen (secondary N) is 1. The van der Waals surface area contributed by atoms with Gasteiger partial charge in [0.1, 0.15) is 0 Å². The molecule has 6 heteroatoms. The lowest BCUT2D eigenvalue weighted by atomic mass is 10.0. The molecule has 0 aromatic carbocycles. The van der Waals surface area contributed by atoms with Crippen molar-refractivity contribution in [1.29, 1.82) is 0 Å². The van der Waals surface area contributed by atoms with Crippen LogP contribution in [-0.2, 0) is 4.79 Å². The van der Waals surface area contributed by atoms with Crippen LogP contribution in [0, 0.1) is 0 Å². The lowest BCUT2D eigenvalue weighted by molar-refractivity contribution is -0.144. The number of halogens is 3. The van der Waals surface area contributed by atoms with E-state index in [1.165, 1.54) is 0 Å². The molecule has 1 heterocycles. The topological polar surface area (TPSA) is 32.3 Å². The summed E-state index contributed by atoms with van der Waals surface area (Å²) in [5.74, 6) is -0.528. The molecule has 3 nitrogen and oxygen atoms in total. The molecular weight excluding hydrogens is 245 g/mol. The van der Waals surface area contributed by atoms with Crippen LogP contribution in [0.2, 0.25) is 0 Å². The quantitative estimate of drug-likeness (QED) is 0.828. The maximum Gasteiger partial charge on any atom is 0.389 e. The summed E-state index contributed by atoms with van der Waals surface area (Å²) < 4.78 is 35.8.